The lowest BCUT2D eigenvalue weighted by molar-refractivity contribution is 0.0947. The van der Waals surface area contributed by atoms with E-state index in [4.69, 9.17) is 0 Å². The molecule has 2 rings (SSSR count). The maximum absolute atomic E-state index is 12.3. The number of carbonyl (C=O) groups is 1. The lowest BCUT2D eigenvalue weighted by Gasteiger charge is -2.11. The van der Waals surface area contributed by atoms with E-state index in [0.29, 0.717) is 23.9 Å². The molecule has 2 N–H and O–H groups in total. The molecule has 1 heterocycles. The van der Waals surface area contributed by atoms with Gasteiger partial charge in [0, 0.05) is 19.2 Å². The number of anilines is 1. The summed E-state index contributed by atoms with van der Waals surface area (Å²) in [7, 11) is 4.04. The fraction of sp³-hybridized carbons (Fsp3) is 0.450. The number of nitrogens with one attached hydrogen (secondary N) is 2. The van der Waals surface area contributed by atoms with Crippen LogP contribution in [0.3, 0.4) is 0 Å². The largest absolute Gasteiger partial charge is 0.370 e. The normalized spacial score (nSPS) is 10.8. The highest BCUT2D eigenvalue weighted by Gasteiger charge is 2.10. The maximum atomic E-state index is 12.3. The SMILES string of the molecule is Cc1nc(NCCCc2ccccc2)cc(C(=O)NCCCN(C)C)n1. The molecule has 0 aliphatic carbocycles. The van der Waals surface area contributed by atoms with Crippen molar-refractivity contribution < 1.29 is 4.79 Å². The van der Waals surface area contributed by atoms with Crippen molar-refractivity contribution in [1.29, 1.82) is 0 Å². The first-order valence-corrected chi connectivity index (χ1v) is 9.11. The van der Waals surface area contributed by atoms with E-state index >= 15 is 0 Å². The molecule has 0 aliphatic heterocycles. The van der Waals surface area contributed by atoms with Gasteiger partial charge in [-0.1, -0.05) is 30.3 Å². The van der Waals surface area contributed by atoms with Crippen LogP contribution in [-0.4, -0.2) is 54.5 Å². The molecule has 1 aromatic carbocycles. The van der Waals surface area contributed by atoms with Crippen molar-refractivity contribution >= 4 is 11.7 Å². The predicted octanol–water partition coefficient (Wildman–Crippen LogP) is 2.51. The van der Waals surface area contributed by atoms with Crippen LogP contribution in [-0.2, 0) is 6.42 Å². The number of carbonyl (C=O) groups excluding carboxylic acids is 1. The number of nitrogens with zero attached hydrogens (tertiary/aromatic N) is 3. The number of aromatic nitrogens is 2. The van der Waals surface area contributed by atoms with Crippen LogP contribution in [0.2, 0.25) is 0 Å². The molecule has 2 aromatic rings. The molecule has 0 unspecified atom stereocenters. The van der Waals surface area contributed by atoms with Gasteiger partial charge in [0.25, 0.3) is 5.91 Å². The van der Waals surface area contributed by atoms with Crippen LogP contribution in [0.15, 0.2) is 36.4 Å². The van der Waals surface area contributed by atoms with Crippen molar-refractivity contribution in [2.24, 2.45) is 0 Å². The summed E-state index contributed by atoms with van der Waals surface area (Å²) in [6, 6.07) is 12.1. The van der Waals surface area contributed by atoms with E-state index < -0.39 is 0 Å². The molecule has 6 heteroatoms. The van der Waals surface area contributed by atoms with Gasteiger partial charge in [0.1, 0.15) is 17.3 Å². The Kier molecular flexibility index (Phi) is 8.02. The Hall–Kier alpha value is -2.47. The number of aryl methyl sites for hydroxylation is 2. The van der Waals surface area contributed by atoms with Crippen molar-refractivity contribution in [2.75, 3.05) is 39.0 Å². The summed E-state index contributed by atoms with van der Waals surface area (Å²) in [5, 5.41) is 6.21. The number of amides is 1. The van der Waals surface area contributed by atoms with Crippen molar-refractivity contribution in [3.05, 3.63) is 53.5 Å². The van der Waals surface area contributed by atoms with Crippen LogP contribution in [0.4, 0.5) is 5.82 Å². The molecule has 0 saturated carbocycles. The smallest absolute Gasteiger partial charge is 0.270 e. The number of hydrogen-bond donors (Lipinski definition) is 2. The van der Waals surface area contributed by atoms with Crippen molar-refractivity contribution in [1.82, 2.24) is 20.2 Å². The van der Waals surface area contributed by atoms with Crippen molar-refractivity contribution in [2.45, 2.75) is 26.2 Å². The lowest BCUT2D eigenvalue weighted by Crippen LogP contribution is -2.28. The Balaban J connectivity index is 1.81. The monoisotopic (exact) mass is 355 g/mol. The van der Waals surface area contributed by atoms with Crippen LogP contribution in [0, 0.1) is 6.92 Å². The maximum Gasteiger partial charge on any atom is 0.270 e. The molecule has 6 nitrogen and oxygen atoms in total. The fourth-order valence-electron chi connectivity index (χ4n) is 2.62. The van der Waals surface area contributed by atoms with Crippen LogP contribution in [0.25, 0.3) is 0 Å². The molecule has 0 spiro atoms. The Bertz CT molecular complexity index is 688. The van der Waals surface area contributed by atoms with Gasteiger partial charge in [0.2, 0.25) is 0 Å². The summed E-state index contributed by atoms with van der Waals surface area (Å²) in [6.07, 6.45) is 2.92. The van der Waals surface area contributed by atoms with E-state index in [-0.39, 0.29) is 5.91 Å². The second-order valence-electron chi connectivity index (χ2n) is 6.61. The third-order valence-corrected chi connectivity index (χ3v) is 3.93. The van der Waals surface area contributed by atoms with Crippen LogP contribution in [0.1, 0.15) is 34.7 Å². The van der Waals surface area contributed by atoms with Crippen LogP contribution >= 0.6 is 0 Å². The summed E-state index contributed by atoms with van der Waals surface area (Å²) in [6.45, 7) is 4.18. The van der Waals surface area contributed by atoms with E-state index in [0.717, 1.165) is 32.4 Å². The average molecular weight is 355 g/mol. The standard InChI is InChI=1S/C20H29N5O/c1-16-23-18(20(26)22-13-8-14-25(2)3)15-19(24-16)21-12-7-11-17-9-5-4-6-10-17/h4-6,9-10,15H,7-8,11-14H2,1-3H3,(H,22,26)(H,21,23,24). The molecule has 0 fully saturated rings. The summed E-state index contributed by atoms with van der Waals surface area (Å²) in [5.41, 5.74) is 1.74. The highest BCUT2D eigenvalue weighted by Crippen LogP contribution is 2.08. The van der Waals surface area contributed by atoms with Crippen molar-refractivity contribution in [3.63, 3.8) is 0 Å². The topological polar surface area (TPSA) is 70.2 Å². The quantitative estimate of drug-likeness (QED) is 0.641. The Morgan fingerprint density at radius 3 is 2.58 bits per heavy atom. The Labute approximate surface area is 156 Å². The Morgan fingerprint density at radius 2 is 1.85 bits per heavy atom. The third kappa shape index (κ3) is 7.19. The van der Waals surface area contributed by atoms with Crippen LogP contribution < -0.4 is 10.6 Å². The van der Waals surface area contributed by atoms with Gasteiger partial charge in [-0.15, -0.1) is 0 Å². The second-order valence-corrected chi connectivity index (χ2v) is 6.61. The van der Waals surface area contributed by atoms with Gasteiger partial charge < -0.3 is 15.5 Å². The first kappa shape index (κ1) is 19.8. The summed E-state index contributed by atoms with van der Waals surface area (Å²) >= 11 is 0. The molecule has 140 valence electrons. The van der Waals surface area contributed by atoms with E-state index in [9.17, 15) is 4.79 Å². The van der Waals surface area contributed by atoms with Gasteiger partial charge in [0.05, 0.1) is 0 Å². The van der Waals surface area contributed by atoms with E-state index in [1.807, 2.05) is 20.2 Å². The molecule has 26 heavy (non-hydrogen) atoms. The summed E-state index contributed by atoms with van der Waals surface area (Å²) in [5.74, 6) is 1.14. The van der Waals surface area contributed by atoms with E-state index in [1.165, 1.54) is 5.56 Å². The minimum Gasteiger partial charge on any atom is -0.370 e. The van der Waals surface area contributed by atoms with Gasteiger partial charge in [0.15, 0.2) is 0 Å². The number of benzene rings is 1. The summed E-state index contributed by atoms with van der Waals surface area (Å²) in [4.78, 5) is 23.0. The van der Waals surface area contributed by atoms with E-state index in [1.54, 1.807) is 13.0 Å². The minimum absolute atomic E-state index is 0.151. The Morgan fingerprint density at radius 1 is 1.08 bits per heavy atom. The van der Waals surface area contributed by atoms with Gasteiger partial charge >= 0.3 is 0 Å². The number of hydrogen-bond acceptors (Lipinski definition) is 5. The van der Waals surface area contributed by atoms with Gasteiger partial charge in [-0.05, 0) is 52.4 Å². The molecule has 0 bridgehead atoms. The highest BCUT2D eigenvalue weighted by molar-refractivity contribution is 5.92. The third-order valence-electron chi connectivity index (χ3n) is 3.93. The van der Waals surface area contributed by atoms with Crippen LogP contribution in [0.5, 0.6) is 0 Å². The fourth-order valence-corrected chi connectivity index (χ4v) is 2.62. The van der Waals surface area contributed by atoms with Gasteiger partial charge in [-0.25, -0.2) is 9.97 Å². The molecule has 1 aromatic heterocycles. The molecule has 0 radical (unpaired) electrons. The second kappa shape index (κ2) is 10.5. The zero-order valence-electron chi connectivity index (χ0n) is 16.0. The molecule has 0 aliphatic rings. The average Bonchev–Trinajstić information content (AvgIpc) is 2.62. The molecular weight excluding hydrogens is 326 g/mol. The zero-order valence-corrected chi connectivity index (χ0v) is 16.0. The van der Waals surface area contributed by atoms with Crippen molar-refractivity contribution in [3.8, 4) is 0 Å². The predicted molar refractivity (Wildman–Crippen MR) is 106 cm³/mol. The van der Waals surface area contributed by atoms with Gasteiger partial charge in [-0.3, -0.25) is 4.79 Å². The molecule has 0 atom stereocenters. The van der Waals surface area contributed by atoms with E-state index in [2.05, 4.69) is 49.8 Å². The van der Waals surface area contributed by atoms with Gasteiger partial charge in [-0.2, -0.15) is 0 Å². The molecule has 1 amide bonds. The summed E-state index contributed by atoms with van der Waals surface area (Å²) < 4.78 is 0. The minimum atomic E-state index is -0.151. The highest BCUT2D eigenvalue weighted by atomic mass is 16.1. The lowest BCUT2D eigenvalue weighted by atomic mass is 10.1. The number of rotatable bonds is 10. The molecule has 0 saturated heterocycles. The first-order chi connectivity index (χ1) is 12.5. The first-order valence-electron chi connectivity index (χ1n) is 9.11. The zero-order chi connectivity index (χ0) is 18.8. The molecular formula is C20H29N5O.